The Hall–Kier alpha value is -3.09. The summed E-state index contributed by atoms with van der Waals surface area (Å²) >= 11 is 3.10. The molecule has 4 nitrogen and oxygen atoms in total. The van der Waals surface area contributed by atoms with Gasteiger partial charge in [-0.2, -0.15) is 0 Å². The van der Waals surface area contributed by atoms with E-state index in [9.17, 15) is 4.79 Å². The first kappa shape index (κ1) is 22.1. The van der Waals surface area contributed by atoms with Gasteiger partial charge in [0.25, 0.3) is 0 Å². The van der Waals surface area contributed by atoms with Crippen molar-refractivity contribution in [2.75, 3.05) is 18.2 Å². The van der Waals surface area contributed by atoms with Crippen LogP contribution in [0.15, 0.2) is 89.1 Å². The van der Waals surface area contributed by atoms with Crippen LogP contribution in [0, 0.1) is 0 Å². The van der Waals surface area contributed by atoms with Gasteiger partial charge in [0.1, 0.15) is 5.75 Å². The maximum atomic E-state index is 12.3. The largest absolute Gasteiger partial charge is 0.497 e. The molecule has 0 atom stereocenters. The maximum absolute atomic E-state index is 12.3. The third kappa shape index (κ3) is 6.22. The summed E-state index contributed by atoms with van der Waals surface area (Å²) in [7, 11) is 1.65. The molecule has 4 rings (SSSR count). The van der Waals surface area contributed by atoms with Gasteiger partial charge in [-0.3, -0.25) is 4.79 Å². The molecule has 4 aromatic rings. The fraction of sp³-hybridized carbons (Fsp3) is 0.154. The molecule has 6 heteroatoms. The number of nitrogens with zero attached hydrogens (tertiary/aromatic N) is 1. The molecule has 32 heavy (non-hydrogen) atoms. The van der Waals surface area contributed by atoms with Gasteiger partial charge in [0.2, 0.25) is 5.91 Å². The van der Waals surface area contributed by atoms with Crippen molar-refractivity contribution in [1.82, 2.24) is 4.98 Å². The van der Waals surface area contributed by atoms with Crippen LogP contribution in [0.25, 0.3) is 11.3 Å². The van der Waals surface area contributed by atoms with Crippen molar-refractivity contribution in [3.8, 4) is 17.0 Å². The van der Waals surface area contributed by atoms with E-state index in [4.69, 9.17) is 4.74 Å². The van der Waals surface area contributed by atoms with Crippen molar-refractivity contribution in [3.63, 3.8) is 0 Å². The van der Waals surface area contributed by atoms with E-state index in [2.05, 4.69) is 58.8 Å². The summed E-state index contributed by atoms with van der Waals surface area (Å²) in [6.07, 6.45) is 1.34. The molecule has 0 radical (unpaired) electrons. The second-order valence-electron chi connectivity index (χ2n) is 7.22. The van der Waals surface area contributed by atoms with E-state index < -0.39 is 0 Å². The lowest BCUT2D eigenvalue weighted by Crippen LogP contribution is -2.11. The molecule has 0 aliphatic rings. The number of amides is 1. The first-order valence-corrected chi connectivity index (χ1v) is 12.2. The Morgan fingerprint density at radius 2 is 1.69 bits per heavy atom. The number of carbonyl (C=O) groups excluding carboxylic acids is 1. The third-order valence-corrected chi connectivity index (χ3v) is 6.68. The minimum absolute atomic E-state index is 0.0230. The van der Waals surface area contributed by atoms with Gasteiger partial charge in [-0.25, -0.2) is 4.98 Å². The number of anilines is 1. The molecule has 162 valence electrons. The lowest BCUT2D eigenvalue weighted by molar-refractivity contribution is -0.115. The lowest BCUT2D eigenvalue weighted by Gasteiger charge is -2.04. The molecule has 1 aromatic heterocycles. The number of hydrogen-bond acceptors (Lipinski definition) is 5. The number of thiazole rings is 1. The highest BCUT2D eigenvalue weighted by atomic mass is 32.2. The van der Waals surface area contributed by atoms with Crippen molar-refractivity contribution in [1.29, 1.82) is 0 Å². The number of rotatable bonds is 9. The summed E-state index contributed by atoms with van der Waals surface area (Å²) in [5, 5.41) is 5.53. The highest BCUT2D eigenvalue weighted by molar-refractivity contribution is 7.99. The van der Waals surface area contributed by atoms with Crippen LogP contribution in [0.4, 0.5) is 5.13 Å². The number of aromatic nitrogens is 1. The van der Waals surface area contributed by atoms with Crippen LogP contribution in [-0.4, -0.2) is 23.8 Å². The Morgan fingerprint density at radius 1 is 0.969 bits per heavy atom. The average molecular weight is 461 g/mol. The van der Waals surface area contributed by atoms with Crippen LogP contribution in [0.3, 0.4) is 0 Å². The minimum atomic E-state index is -0.0230. The van der Waals surface area contributed by atoms with Crippen LogP contribution in [0.2, 0.25) is 0 Å². The number of nitrogens with one attached hydrogen (secondary N) is 1. The van der Waals surface area contributed by atoms with Crippen molar-refractivity contribution >= 4 is 34.1 Å². The molecule has 3 aromatic carbocycles. The Labute approximate surface area is 196 Å². The van der Waals surface area contributed by atoms with Crippen LogP contribution in [0.1, 0.15) is 17.5 Å². The number of methoxy groups -OCH3 is 1. The first-order valence-electron chi connectivity index (χ1n) is 10.3. The molecule has 0 spiro atoms. The zero-order valence-electron chi connectivity index (χ0n) is 17.8. The zero-order chi connectivity index (χ0) is 22.2. The van der Waals surface area contributed by atoms with E-state index in [0.29, 0.717) is 17.3 Å². The van der Waals surface area contributed by atoms with Gasteiger partial charge in [0, 0.05) is 28.0 Å². The lowest BCUT2D eigenvalue weighted by atomic mass is 10.0. The molecule has 1 N–H and O–H groups in total. The molecule has 0 saturated heterocycles. The molecule has 0 aliphatic carbocycles. The molecular weight excluding hydrogens is 436 g/mol. The second-order valence-corrected chi connectivity index (χ2v) is 9.25. The van der Waals surface area contributed by atoms with Gasteiger partial charge in [-0.15, -0.1) is 23.1 Å². The van der Waals surface area contributed by atoms with Gasteiger partial charge >= 0.3 is 0 Å². The molecule has 1 heterocycles. The number of thioether (sulfide) groups is 1. The first-order chi connectivity index (χ1) is 15.7. The average Bonchev–Trinajstić information content (AvgIpc) is 3.29. The number of ether oxygens (including phenoxy) is 1. The monoisotopic (exact) mass is 460 g/mol. The Balaban J connectivity index is 1.27. The molecule has 0 unspecified atom stereocenters. The standard InChI is InChI=1S/C26H24N2O2S2/c1-30-22-11-13-23(14-12-22)31-16-15-25(29)28-26-27-24(18-32-26)21-9-7-20(8-10-21)17-19-5-3-2-4-6-19/h2-14,18H,15-17H2,1H3,(H,27,28,29). The highest BCUT2D eigenvalue weighted by Gasteiger charge is 2.09. The molecular formula is C26H24N2O2S2. The molecule has 0 saturated carbocycles. The molecule has 0 aliphatic heterocycles. The van der Waals surface area contributed by atoms with E-state index in [1.165, 1.54) is 22.5 Å². The number of benzene rings is 3. The third-order valence-electron chi connectivity index (χ3n) is 4.91. The Morgan fingerprint density at radius 3 is 2.41 bits per heavy atom. The van der Waals surface area contributed by atoms with Gasteiger partial charge in [0.05, 0.1) is 12.8 Å². The SMILES string of the molecule is COc1ccc(SCCC(=O)Nc2nc(-c3ccc(Cc4ccccc4)cc3)cs2)cc1. The number of carbonyl (C=O) groups is 1. The zero-order valence-corrected chi connectivity index (χ0v) is 19.4. The highest BCUT2D eigenvalue weighted by Crippen LogP contribution is 2.26. The fourth-order valence-electron chi connectivity index (χ4n) is 3.20. The smallest absolute Gasteiger partial charge is 0.226 e. The quantitative estimate of drug-likeness (QED) is 0.289. The minimum Gasteiger partial charge on any atom is -0.497 e. The predicted molar refractivity (Wildman–Crippen MR) is 134 cm³/mol. The topological polar surface area (TPSA) is 51.2 Å². The van der Waals surface area contributed by atoms with Gasteiger partial charge in [-0.1, -0.05) is 54.6 Å². The van der Waals surface area contributed by atoms with Gasteiger partial charge in [-0.05, 0) is 41.8 Å². The summed E-state index contributed by atoms with van der Waals surface area (Å²) in [6.45, 7) is 0. The predicted octanol–water partition coefficient (Wildman–Crippen LogP) is 6.53. The van der Waals surface area contributed by atoms with E-state index in [1.807, 2.05) is 35.7 Å². The van der Waals surface area contributed by atoms with Crippen molar-refractivity contribution in [2.24, 2.45) is 0 Å². The summed E-state index contributed by atoms with van der Waals surface area (Å²) in [4.78, 5) is 18.0. The Kier molecular flexibility index (Phi) is 7.59. The normalized spacial score (nSPS) is 10.7. The molecule has 0 bridgehead atoms. The van der Waals surface area contributed by atoms with E-state index >= 15 is 0 Å². The summed E-state index contributed by atoms with van der Waals surface area (Å²) in [5.74, 6) is 1.52. The fourth-order valence-corrected chi connectivity index (χ4v) is 4.79. The van der Waals surface area contributed by atoms with Gasteiger partial charge < -0.3 is 10.1 Å². The van der Waals surface area contributed by atoms with E-state index in [-0.39, 0.29) is 5.91 Å². The maximum Gasteiger partial charge on any atom is 0.226 e. The number of hydrogen-bond donors (Lipinski definition) is 1. The van der Waals surface area contributed by atoms with Crippen LogP contribution >= 0.6 is 23.1 Å². The molecule has 0 fully saturated rings. The van der Waals surface area contributed by atoms with Crippen molar-refractivity contribution in [2.45, 2.75) is 17.7 Å². The summed E-state index contributed by atoms with van der Waals surface area (Å²) in [6, 6.07) is 26.7. The summed E-state index contributed by atoms with van der Waals surface area (Å²) in [5.41, 5.74) is 4.49. The van der Waals surface area contributed by atoms with E-state index in [0.717, 1.165) is 28.3 Å². The summed E-state index contributed by atoms with van der Waals surface area (Å²) < 4.78 is 5.16. The van der Waals surface area contributed by atoms with Gasteiger partial charge in [0.15, 0.2) is 5.13 Å². The second kappa shape index (κ2) is 11.0. The van der Waals surface area contributed by atoms with Crippen LogP contribution in [-0.2, 0) is 11.2 Å². The van der Waals surface area contributed by atoms with E-state index in [1.54, 1.807) is 18.9 Å². The van der Waals surface area contributed by atoms with Crippen molar-refractivity contribution in [3.05, 3.63) is 95.4 Å². The Bertz CT molecular complexity index is 1140. The van der Waals surface area contributed by atoms with Crippen molar-refractivity contribution < 1.29 is 9.53 Å². The molecule has 1 amide bonds. The van der Waals surface area contributed by atoms with Crippen LogP contribution in [0.5, 0.6) is 5.75 Å². The van der Waals surface area contributed by atoms with Crippen LogP contribution < -0.4 is 10.1 Å².